The molecule has 0 aromatic rings. The van der Waals surface area contributed by atoms with Gasteiger partial charge in [0, 0.05) is 25.2 Å². The minimum atomic E-state index is 0.391. The first kappa shape index (κ1) is 12.3. The molecule has 0 aromatic heterocycles. The zero-order valence-corrected chi connectivity index (χ0v) is 10.5. The van der Waals surface area contributed by atoms with Gasteiger partial charge in [-0.1, -0.05) is 6.92 Å². The van der Waals surface area contributed by atoms with Crippen LogP contribution in [-0.2, 0) is 9.47 Å². The summed E-state index contributed by atoms with van der Waals surface area (Å²) in [5.41, 5.74) is 0.391. The zero-order chi connectivity index (χ0) is 11.3. The van der Waals surface area contributed by atoms with Crippen LogP contribution in [0.3, 0.4) is 0 Å². The quantitative estimate of drug-likeness (QED) is 0.752. The molecule has 2 rings (SSSR count). The zero-order valence-electron chi connectivity index (χ0n) is 10.5. The molecule has 3 heteroatoms. The number of ether oxygens (including phenoxy) is 2. The van der Waals surface area contributed by atoms with Crippen molar-refractivity contribution in [3.8, 4) is 0 Å². The van der Waals surface area contributed by atoms with E-state index < -0.39 is 0 Å². The van der Waals surface area contributed by atoms with Crippen LogP contribution in [0.1, 0.15) is 39.0 Å². The minimum Gasteiger partial charge on any atom is -0.381 e. The molecule has 16 heavy (non-hydrogen) atoms. The first-order valence-electron chi connectivity index (χ1n) is 6.75. The Hall–Kier alpha value is -0.120. The van der Waals surface area contributed by atoms with Gasteiger partial charge >= 0.3 is 0 Å². The van der Waals surface area contributed by atoms with E-state index in [4.69, 9.17) is 9.47 Å². The number of rotatable bonds is 6. The number of hydrogen-bond acceptors (Lipinski definition) is 3. The maximum Gasteiger partial charge on any atom is 0.0576 e. The topological polar surface area (TPSA) is 30.5 Å². The summed E-state index contributed by atoms with van der Waals surface area (Å²) in [6, 6.07) is 0. The predicted octanol–water partition coefficient (Wildman–Crippen LogP) is 1.96. The fraction of sp³-hybridized carbons (Fsp3) is 1.00. The minimum absolute atomic E-state index is 0.391. The molecule has 0 aromatic carbocycles. The second-order valence-electron chi connectivity index (χ2n) is 5.26. The van der Waals surface area contributed by atoms with Crippen LogP contribution in [0.2, 0.25) is 0 Å². The Balaban J connectivity index is 1.77. The van der Waals surface area contributed by atoms with E-state index in [0.29, 0.717) is 11.5 Å². The highest BCUT2D eigenvalue weighted by Gasteiger charge is 2.35. The lowest BCUT2D eigenvalue weighted by atomic mass is 9.81. The molecule has 94 valence electrons. The van der Waals surface area contributed by atoms with Crippen LogP contribution in [-0.4, -0.2) is 39.0 Å². The second kappa shape index (κ2) is 5.99. The molecule has 2 atom stereocenters. The lowest BCUT2D eigenvalue weighted by molar-refractivity contribution is 0.0807. The van der Waals surface area contributed by atoms with Crippen molar-refractivity contribution >= 4 is 0 Å². The Bertz CT molecular complexity index is 196. The third-order valence-electron chi connectivity index (χ3n) is 3.96. The molecule has 0 spiro atoms. The highest BCUT2D eigenvalue weighted by atomic mass is 16.5. The first-order chi connectivity index (χ1) is 7.85. The Labute approximate surface area is 98.9 Å². The summed E-state index contributed by atoms with van der Waals surface area (Å²) in [4.78, 5) is 0. The average Bonchev–Trinajstić information content (AvgIpc) is 2.96. The molecule has 0 radical (unpaired) electrons. The predicted molar refractivity (Wildman–Crippen MR) is 64.6 cm³/mol. The van der Waals surface area contributed by atoms with Crippen LogP contribution in [0.15, 0.2) is 0 Å². The summed E-state index contributed by atoms with van der Waals surface area (Å²) in [6.07, 6.45) is 6.73. The van der Waals surface area contributed by atoms with Gasteiger partial charge in [-0.25, -0.2) is 0 Å². The molecule has 0 aliphatic carbocycles. The molecule has 2 fully saturated rings. The second-order valence-corrected chi connectivity index (χ2v) is 5.26. The molecule has 2 aliphatic rings. The summed E-state index contributed by atoms with van der Waals surface area (Å²) in [6.45, 7) is 7.19. The van der Waals surface area contributed by atoms with E-state index in [0.717, 1.165) is 32.9 Å². The summed E-state index contributed by atoms with van der Waals surface area (Å²) in [7, 11) is 0. The van der Waals surface area contributed by atoms with Crippen LogP contribution in [0.4, 0.5) is 0 Å². The van der Waals surface area contributed by atoms with Gasteiger partial charge in [0.05, 0.1) is 12.7 Å². The Morgan fingerprint density at radius 3 is 2.94 bits per heavy atom. The first-order valence-corrected chi connectivity index (χ1v) is 6.75. The maximum atomic E-state index is 5.70. The lowest BCUT2D eigenvalue weighted by Crippen LogP contribution is -2.35. The average molecular weight is 227 g/mol. The molecule has 3 nitrogen and oxygen atoms in total. The van der Waals surface area contributed by atoms with E-state index in [-0.39, 0.29) is 0 Å². The van der Waals surface area contributed by atoms with Crippen molar-refractivity contribution in [1.82, 2.24) is 5.32 Å². The molecule has 0 amide bonds. The number of hydrogen-bond donors (Lipinski definition) is 1. The van der Waals surface area contributed by atoms with Crippen molar-refractivity contribution < 1.29 is 9.47 Å². The summed E-state index contributed by atoms with van der Waals surface area (Å²) < 4.78 is 11.3. The summed E-state index contributed by atoms with van der Waals surface area (Å²) in [5, 5.41) is 3.49. The Morgan fingerprint density at radius 1 is 1.38 bits per heavy atom. The van der Waals surface area contributed by atoms with Crippen LogP contribution < -0.4 is 5.32 Å². The van der Waals surface area contributed by atoms with E-state index in [1.165, 1.54) is 32.1 Å². The van der Waals surface area contributed by atoms with E-state index in [2.05, 4.69) is 12.2 Å². The van der Waals surface area contributed by atoms with E-state index in [9.17, 15) is 0 Å². The fourth-order valence-electron chi connectivity index (χ4n) is 2.80. The highest BCUT2D eigenvalue weighted by Crippen LogP contribution is 2.35. The van der Waals surface area contributed by atoms with Gasteiger partial charge in [0.15, 0.2) is 0 Å². The molecule has 2 heterocycles. The van der Waals surface area contributed by atoms with Crippen LogP contribution in [0.5, 0.6) is 0 Å². The van der Waals surface area contributed by atoms with E-state index >= 15 is 0 Å². The van der Waals surface area contributed by atoms with Crippen molar-refractivity contribution in [2.24, 2.45) is 5.41 Å². The van der Waals surface area contributed by atoms with Crippen LogP contribution in [0.25, 0.3) is 0 Å². The molecule has 2 saturated heterocycles. The number of nitrogens with one attached hydrogen (secondary N) is 1. The van der Waals surface area contributed by atoms with Crippen molar-refractivity contribution in [3.63, 3.8) is 0 Å². The summed E-state index contributed by atoms with van der Waals surface area (Å²) in [5.74, 6) is 0. The van der Waals surface area contributed by atoms with Crippen molar-refractivity contribution in [2.75, 3.05) is 32.9 Å². The van der Waals surface area contributed by atoms with Crippen LogP contribution >= 0.6 is 0 Å². The molecule has 0 saturated carbocycles. The van der Waals surface area contributed by atoms with E-state index in [1.54, 1.807) is 0 Å². The Kier molecular flexibility index (Phi) is 4.62. The van der Waals surface area contributed by atoms with Gasteiger partial charge < -0.3 is 14.8 Å². The van der Waals surface area contributed by atoms with Crippen LogP contribution in [0, 0.1) is 5.41 Å². The fourth-order valence-corrected chi connectivity index (χ4v) is 2.80. The smallest absolute Gasteiger partial charge is 0.0576 e. The van der Waals surface area contributed by atoms with Gasteiger partial charge in [0.1, 0.15) is 0 Å². The third-order valence-corrected chi connectivity index (χ3v) is 3.96. The van der Waals surface area contributed by atoms with Crippen molar-refractivity contribution in [1.29, 1.82) is 0 Å². The molecule has 0 bridgehead atoms. The molecule has 2 unspecified atom stereocenters. The molecule has 2 aliphatic heterocycles. The standard InChI is InChI=1S/C13H25NO2/c1-2-14-10-13(7-9-15-11-13)6-5-12-4-3-8-16-12/h12,14H,2-11H2,1H3. The largest absolute Gasteiger partial charge is 0.381 e. The SMILES string of the molecule is CCNCC1(CCC2CCCO2)CCOC1. The summed E-state index contributed by atoms with van der Waals surface area (Å²) >= 11 is 0. The van der Waals surface area contributed by atoms with Crippen molar-refractivity contribution in [3.05, 3.63) is 0 Å². The molecular weight excluding hydrogens is 202 g/mol. The van der Waals surface area contributed by atoms with Crippen molar-refractivity contribution in [2.45, 2.75) is 45.1 Å². The van der Waals surface area contributed by atoms with Gasteiger partial charge in [0.2, 0.25) is 0 Å². The normalized spacial score (nSPS) is 34.7. The molecular formula is C13H25NO2. The van der Waals surface area contributed by atoms with Gasteiger partial charge in [-0.05, 0) is 38.6 Å². The maximum absolute atomic E-state index is 5.70. The monoisotopic (exact) mass is 227 g/mol. The Morgan fingerprint density at radius 2 is 2.31 bits per heavy atom. The van der Waals surface area contributed by atoms with Gasteiger partial charge in [-0.2, -0.15) is 0 Å². The third kappa shape index (κ3) is 3.19. The van der Waals surface area contributed by atoms with Gasteiger partial charge in [-0.3, -0.25) is 0 Å². The van der Waals surface area contributed by atoms with Gasteiger partial charge in [0.25, 0.3) is 0 Å². The highest BCUT2D eigenvalue weighted by molar-refractivity contribution is 4.86. The van der Waals surface area contributed by atoms with Gasteiger partial charge in [-0.15, -0.1) is 0 Å². The molecule has 1 N–H and O–H groups in total. The lowest BCUT2D eigenvalue weighted by Gasteiger charge is -2.28. The van der Waals surface area contributed by atoms with E-state index in [1.807, 2.05) is 0 Å².